The van der Waals surface area contributed by atoms with E-state index in [0.717, 1.165) is 17.3 Å². The van der Waals surface area contributed by atoms with Crippen LogP contribution in [0.5, 0.6) is 0 Å². The predicted molar refractivity (Wildman–Crippen MR) is 77.9 cm³/mol. The Labute approximate surface area is 112 Å². The van der Waals surface area contributed by atoms with Crippen LogP contribution in [-0.2, 0) is 0 Å². The summed E-state index contributed by atoms with van der Waals surface area (Å²) in [7, 11) is 0. The molecule has 0 bridgehead atoms. The van der Waals surface area contributed by atoms with Crippen molar-refractivity contribution >= 4 is 11.8 Å². The quantitative estimate of drug-likeness (QED) is 0.812. The van der Waals surface area contributed by atoms with Gasteiger partial charge in [-0.2, -0.15) is 0 Å². The Balaban J connectivity index is 2.18. The lowest BCUT2D eigenvalue weighted by atomic mass is 10.1. The molecule has 3 nitrogen and oxygen atoms in total. The van der Waals surface area contributed by atoms with Gasteiger partial charge in [0.15, 0.2) is 0 Å². The van der Waals surface area contributed by atoms with Gasteiger partial charge < -0.3 is 10.7 Å². The maximum atomic E-state index is 5.64. The van der Waals surface area contributed by atoms with E-state index in [1.54, 1.807) is 0 Å². The zero-order valence-corrected chi connectivity index (χ0v) is 11.6. The number of imidazole rings is 1. The first-order valence-corrected chi connectivity index (χ1v) is 7.21. The van der Waals surface area contributed by atoms with Gasteiger partial charge in [-0.1, -0.05) is 26.0 Å². The van der Waals surface area contributed by atoms with Crippen LogP contribution in [0.15, 0.2) is 35.4 Å². The third-order valence-corrected chi connectivity index (χ3v) is 3.79. The highest BCUT2D eigenvalue weighted by atomic mass is 32.2. The zero-order chi connectivity index (χ0) is 13.0. The van der Waals surface area contributed by atoms with Crippen LogP contribution in [0.25, 0.3) is 11.3 Å². The van der Waals surface area contributed by atoms with E-state index in [2.05, 4.69) is 48.1 Å². The molecule has 1 unspecified atom stereocenters. The maximum absolute atomic E-state index is 5.64. The molecule has 1 atom stereocenters. The molecule has 96 valence electrons. The summed E-state index contributed by atoms with van der Waals surface area (Å²) in [5.74, 6) is 2.33. The van der Waals surface area contributed by atoms with E-state index in [1.165, 1.54) is 10.5 Å². The Morgan fingerprint density at radius 1 is 1.33 bits per heavy atom. The molecule has 0 saturated carbocycles. The number of H-pyrrole nitrogens is 1. The fraction of sp³-hybridized carbons (Fsp3) is 0.357. The summed E-state index contributed by atoms with van der Waals surface area (Å²) in [6.45, 7) is 4.84. The Morgan fingerprint density at radius 2 is 2.06 bits per heavy atom. The summed E-state index contributed by atoms with van der Waals surface area (Å²) < 4.78 is 0. The molecule has 2 aromatic rings. The SMILES string of the molecule is CCSc1ccc(-c2cnc(C(C)CN)[nH]2)cc1. The molecule has 3 N–H and O–H groups in total. The molecule has 0 amide bonds. The van der Waals surface area contributed by atoms with Gasteiger partial charge in [0.05, 0.1) is 11.9 Å². The topological polar surface area (TPSA) is 54.7 Å². The highest BCUT2D eigenvalue weighted by Gasteiger charge is 2.08. The van der Waals surface area contributed by atoms with Crippen LogP contribution in [0.2, 0.25) is 0 Å². The summed E-state index contributed by atoms with van der Waals surface area (Å²) in [5, 5.41) is 0. The Hall–Kier alpha value is -1.26. The number of hydrogen-bond donors (Lipinski definition) is 2. The molecule has 0 aliphatic heterocycles. The lowest BCUT2D eigenvalue weighted by Gasteiger charge is -2.04. The van der Waals surface area contributed by atoms with Gasteiger partial charge in [0.25, 0.3) is 0 Å². The Morgan fingerprint density at radius 3 is 2.67 bits per heavy atom. The predicted octanol–water partition coefficient (Wildman–Crippen LogP) is 3.25. The van der Waals surface area contributed by atoms with Gasteiger partial charge in [0, 0.05) is 17.4 Å². The standard InChI is InChI=1S/C14H19N3S/c1-3-18-12-6-4-11(5-7-12)13-9-16-14(17-13)10(2)8-15/h4-7,9-10H,3,8,15H2,1-2H3,(H,16,17). The summed E-state index contributed by atoms with van der Waals surface area (Å²) >= 11 is 1.85. The van der Waals surface area contributed by atoms with Crippen molar-refractivity contribution in [3.8, 4) is 11.3 Å². The van der Waals surface area contributed by atoms with Crippen LogP contribution >= 0.6 is 11.8 Å². The van der Waals surface area contributed by atoms with E-state index in [4.69, 9.17) is 5.73 Å². The average molecular weight is 261 g/mol. The Kier molecular flexibility index (Phi) is 4.44. The van der Waals surface area contributed by atoms with Crippen LogP contribution in [0, 0.1) is 0 Å². The molecule has 1 heterocycles. The van der Waals surface area contributed by atoms with E-state index >= 15 is 0 Å². The number of nitrogens with zero attached hydrogens (tertiary/aromatic N) is 1. The molecular formula is C14H19N3S. The molecular weight excluding hydrogens is 242 g/mol. The van der Waals surface area contributed by atoms with Gasteiger partial charge in [0.2, 0.25) is 0 Å². The van der Waals surface area contributed by atoms with Crippen LogP contribution in [0.3, 0.4) is 0 Å². The van der Waals surface area contributed by atoms with Crippen molar-refractivity contribution < 1.29 is 0 Å². The molecule has 2 rings (SSSR count). The van der Waals surface area contributed by atoms with E-state index in [0.29, 0.717) is 6.54 Å². The fourth-order valence-electron chi connectivity index (χ4n) is 1.74. The molecule has 0 radical (unpaired) electrons. The van der Waals surface area contributed by atoms with Crippen molar-refractivity contribution in [3.05, 3.63) is 36.3 Å². The van der Waals surface area contributed by atoms with Gasteiger partial charge >= 0.3 is 0 Å². The number of aromatic nitrogens is 2. The molecule has 0 fully saturated rings. The monoisotopic (exact) mass is 261 g/mol. The fourth-order valence-corrected chi connectivity index (χ4v) is 2.40. The van der Waals surface area contributed by atoms with Crippen LogP contribution in [0.4, 0.5) is 0 Å². The highest BCUT2D eigenvalue weighted by Crippen LogP contribution is 2.23. The summed E-state index contributed by atoms with van der Waals surface area (Å²) in [4.78, 5) is 9.02. The first-order valence-electron chi connectivity index (χ1n) is 6.22. The number of hydrogen-bond acceptors (Lipinski definition) is 3. The van der Waals surface area contributed by atoms with E-state index in [-0.39, 0.29) is 5.92 Å². The molecule has 4 heteroatoms. The third-order valence-electron chi connectivity index (χ3n) is 2.89. The van der Waals surface area contributed by atoms with Gasteiger partial charge in [-0.05, 0) is 23.4 Å². The van der Waals surface area contributed by atoms with Gasteiger partial charge in [-0.3, -0.25) is 0 Å². The summed E-state index contributed by atoms with van der Waals surface area (Å²) in [6.07, 6.45) is 1.88. The van der Waals surface area contributed by atoms with Gasteiger partial charge in [0.1, 0.15) is 5.82 Å². The van der Waals surface area contributed by atoms with Crippen LogP contribution in [0.1, 0.15) is 25.6 Å². The first-order chi connectivity index (χ1) is 8.74. The number of benzene rings is 1. The summed E-state index contributed by atoms with van der Waals surface area (Å²) in [5.41, 5.74) is 7.86. The normalized spacial score (nSPS) is 12.6. The molecule has 1 aromatic carbocycles. The number of nitrogens with one attached hydrogen (secondary N) is 1. The van der Waals surface area contributed by atoms with E-state index in [1.807, 2.05) is 18.0 Å². The number of rotatable bonds is 5. The van der Waals surface area contributed by atoms with Crippen LogP contribution in [-0.4, -0.2) is 22.3 Å². The second-order valence-electron chi connectivity index (χ2n) is 4.28. The van der Waals surface area contributed by atoms with Crippen LogP contribution < -0.4 is 5.73 Å². The van der Waals surface area contributed by atoms with E-state index < -0.39 is 0 Å². The first kappa shape index (κ1) is 13.2. The molecule has 0 aliphatic carbocycles. The van der Waals surface area contributed by atoms with Crippen molar-refractivity contribution in [3.63, 3.8) is 0 Å². The third kappa shape index (κ3) is 2.94. The Bertz CT molecular complexity index is 490. The zero-order valence-electron chi connectivity index (χ0n) is 10.8. The minimum absolute atomic E-state index is 0.272. The highest BCUT2D eigenvalue weighted by molar-refractivity contribution is 7.99. The smallest absolute Gasteiger partial charge is 0.110 e. The lowest BCUT2D eigenvalue weighted by molar-refractivity contribution is 0.725. The largest absolute Gasteiger partial charge is 0.342 e. The van der Waals surface area contributed by atoms with Crippen molar-refractivity contribution in [2.24, 2.45) is 5.73 Å². The molecule has 18 heavy (non-hydrogen) atoms. The van der Waals surface area contributed by atoms with Gasteiger partial charge in [-0.15, -0.1) is 11.8 Å². The van der Waals surface area contributed by atoms with Crippen molar-refractivity contribution in [2.75, 3.05) is 12.3 Å². The molecule has 0 saturated heterocycles. The average Bonchev–Trinajstić information content (AvgIpc) is 2.89. The van der Waals surface area contributed by atoms with Crippen molar-refractivity contribution in [1.82, 2.24) is 9.97 Å². The number of aromatic amines is 1. The molecule has 0 aliphatic rings. The minimum atomic E-state index is 0.272. The maximum Gasteiger partial charge on any atom is 0.110 e. The minimum Gasteiger partial charge on any atom is -0.342 e. The van der Waals surface area contributed by atoms with Crippen molar-refractivity contribution in [1.29, 1.82) is 0 Å². The van der Waals surface area contributed by atoms with Crippen molar-refractivity contribution in [2.45, 2.75) is 24.7 Å². The molecule has 1 aromatic heterocycles. The molecule has 0 spiro atoms. The van der Waals surface area contributed by atoms with E-state index in [9.17, 15) is 0 Å². The second kappa shape index (κ2) is 6.07. The number of thioether (sulfide) groups is 1. The second-order valence-corrected chi connectivity index (χ2v) is 5.61. The summed E-state index contributed by atoms with van der Waals surface area (Å²) in [6, 6.07) is 8.55. The lowest BCUT2D eigenvalue weighted by Crippen LogP contribution is -2.10. The number of nitrogens with two attached hydrogens (primary N) is 1. The van der Waals surface area contributed by atoms with Gasteiger partial charge in [-0.25, -0.2) is 4.98 Å².